The molecule has 35 heavy (non-hydrogen) atoms. The van der Waals surface area contributed by atoms with Crippen molar-refractivity contribution < 1.29 is 14.6 Å². The van der Waals surface area contributed by atoms with Crippen LogP contribution in [-0.2, 0) is 19.7 Å². The summed E-state index contributed by atoms with van der Waals surface area (Å²) in [5.74, 6) is 0.144. The van der Waals surface area contributed by atoms with E-state index in [2.05, 4.69) is 30.9 Å². The number of carbonyl (C=O) groups is 1. The van der Waals surface area contributed by atoms with Crippen LogP contribution in [0.5, 0.6) is 5.75 Å². The quantitative estimate of drug-likeness (QED) is 0.414. The second kappa shape index (κ2) is 11.7. The van der Waals surface area contributed by atoms with Gasteiger partial charge in [-0.05, 0) is 65.5 Å². The number of aliphatic hydroxyl groups excluding tert-OH is 1. The van der Waals surface area contributed by atoms with Crippen LogP contribution in [0.4, 0.5) is 0 Å². The molecule has 1 saturated heterocycles. The van der Waals surface area contributed by atoms with Gasteiger partial charge in [0.05, 0.1) is 18.5 Å². The van der Waals surface area contributed by atoms with Crippen molar-refractivity contribution in [2.24, 2.45) is 0 Å². The van der Waals surface area contributed by atoms with Gasteiger partial charge in [-0.1, -0.05) is 24.6 Å². The van der Waals surface area contributed by atoms with Gasteiger partial charge >= 0.3 is 0 Å². The highest BCUT2D eigenvalue weighted by Crippen LogP contribution is 2.21. The number of carbonyl (C=O) groups excluding carboxylic acids is 1. The normalized spacial score (nSPS) is 16.3. The van der Waals surface area contributed by atoms with Crippen LogP contribution >= 0.6 is 15.9 Å². The number of nitrogens with zero attached hydrogens (tertiary/aromatic N) is 4. The zero-order valence-electron chi connectivity index (χ0n) is 19.7. The summed E-state index contributed by atoms with van der Waals surface area (Å²) in [6.45, 7) is 3.85. The summed E-state index contributed by atoms with van der Waals surface area (Å²) in [7, 11) is 0. The van der Waals surface area contributed by atoms with E-state index in [0.717, 1.165) is 58.3 Å². The van der Waals surface area contributed by atoms with Crippen LogP contribution in [0.15, 0.2) is 58.1 Å². The molecule has 0 aliphatic carbocycles. The third kappa shape index (κ3) is 6.62. The summed E-state index contributed by atoms with van der Waals surface area (Å²) in [5.41, 5.74) is 2.85. The number of hydrogen-bond donors (Lipinski definition) is 1. The average molecular weight is 541 g/mol. The first-order valence-corrected chi connectivity index (χ1v) is 12.5. The molecule has 1 aliphatic heterocycles. The van der Waals surface area contributed by atoms with E-state index in [1.54, 1.807) is 6.20 Å². The van der Waals surface area contributed by atoms with E-state index in [-0.39, 0.29) is 31.6 Å². The lowest BCUT2D eigenvalue weighted by Crippen LogP contribution is -2.41. The maximum atomic E-state index is 12.9. The fraction of sp³-hybridized carbons (Fsp3) is 0.385. The number of hydrogen-bond acceptors (Lipinski definition) is 7. The third-order valence-electron chi connectivity index (χ3n) is 6.25. The lowest BCUT2D eigenvalue weighted by Gasteiger charge is -2.34. The summed E-state index contributed by atoms with van der Waals surface area (Å²) >= 11 is 3.33. The molecule has 9 heteroatoms. The number of aliphatic hydroxyl groups is 1. The van der Waals surface area contributed by atoms with Gasteiger partial charge in [-0.2, -0.15) is 5.10 Å². The number of pyridine rings is 1. The molecule has 4 rings (SSSR count). The lowest BCUT2D eigenvalue weighted by molar-refractivity contribution is 0.0841. The van der Waals surface area contributed by atoms with Crippen molar-refractivity contribution in [2.45, 2.75) is 51.9 Å². The molecule has 1 atom stereocenters. The number of likely N-dealkylation sites (tertiary alicyclic amines) is 1. The van der Waals surface area contributed by atoms with Crippen LogP contribution in [0.2, 0.25) is 0 Å². The maximum absolute atomic E-state index is 12.9. The summed E-state index contributed by atoms with van der Waals surface area (Å²) in [4.78, 5) is 32.0. The molecule has 0 amide bonds. The van der Waals surface area contributed by atoms with Crippen LogP contribution in [0.3, 0.4) is 0 Å². The second-order valence-corrected chi connectivity index (χ2v) is 9.73. The van der Waals surface area contributed by atoms with Gasteiger partial charge < -0.3 is 9.84 Å². The largest absolute Gasteiger partial charge is 0.485 e. The fourth-order valence-electron chi connectivity index (χ4n) is 4.33. The summed E-state index contributed by atoms with van der Waals surface area (Å²) in [5, 5.41) is 13.8. The van der Waals surface area contributed by atoms with Gasteiger partial charge in [-0.15, -0.1) is 0 Å². The minimum Gasteiger partial charge on any atom is -0.485 e. The Bertz CT molecular complexity index is 1230. The number of rotatable bonds is 9. The van der Waals surface area contributed by atoms with Crippen molar-refractivity contribution in [3.63, 3.8) is 0 Å². The van der Waals surface area contributed by atoms with E-state index in [0.29, 0.717) is 11.3 Å². The molecule has 0 saturated carbocycles. The van der Waals surface area contributed by atoms with E-state index in [1.807, 2.05) is 37.3 Å². The number of aryl methyl sites for hydroxylation is 1. The first-order chi connectivity index (χ1) is 16.9. The summed E-state index contributed by atoms with van der Waals surface area (Å²) in [6.07, 6.45) is 6.41. The van der Waals surface area contributed by atoms with Gasteiger partial charge in [0.1, 0.15) is 18.9 Å². The van der Waals surface area contributed by atoms with E-state index >= 15 is 0 Å². The third-order valence-corrected chi connectivity index (χ3v) is 6.72. The minimum absolute atomic E-state index is 0.147. The van der Waals surface area contributed by atoms with E-state index in [4.69, 9.17) is 4.74 Å². The van der Waals surface area contributed by atoms with Crippen molar-refractivity contribution in [2.75, 3.05) is 13.2 Å². The minimum atomic E-state index is -0.408. The molecule has 3 heterocycles. The molecule has 1 unspecified atom stereocenters. The summed E-state index contributed by atoms with van der Waals surface area (Å²) < 4.78 is 7.62. The Hall–Kier alpha value is -2.88. The predicted octanol–water partition coefficient (Wildman–Crippen LogP) is 3.52. The zero-order chi connectivity index (χ0) is 24.8. The standard InChI is InChI=1S/C26H29BrN4O4/c1-18-10-19(14-30-9-3-2-4-22(30)16-32)5-8-24(18)25(33)15-31-26(34)11-23(13-29-31)35-17-21-7-6-20(27)12-28-21/h5-8,10-13,22,32H,2-4,9,14-17H2,1H3. The van der Waals surface area contributed by atoms with Crippen molar-refractivity contribution in [3.8, 4) is 5.75 Å². The Kier molecular flexibility index (Phi) is 8.43. The molecule has 0 spiro atoms. The van der Waals surface area contributed by atoms with Gasteiger partial charge in [0.15, 0.2) is 5.78 Å². The highest BCUT2D eigenvalue weighted by atomic mass is 79.9. The van der Waals surface area contributed by atoms with Gasteiger partial charge in [-0.25, -0.2) is 4.68 Å². The number of aromatic nitrogens is 3. The lowest BCUT2D eigenvalue weighted by atomic mass is 9.99. The van der Waals surface area contributed by atoms with Crippen molar-refractivity contribution in [1.82, 2.24) is 19.7 Å². The van der Waals surface area contributed by atoms with Gasteiger partial charge in [0.2, 0.25) is 0 Å². The number of ketones is 1. The molecule has 2 aromatic heterocycles. The first kappa shape index (κ1) is 25.2. The molecule has 0 radical (unpaired) electrons. The predicted molar refractivity (Wildman–Crippen MR) is 135 cm³/mol. The molecule has 1 aliphatic rings. The van der Waals surface area contributed by atoms with Crippen molar-refractivity contribution in [1.29, 1.82) is 0 Å². The van der Waals surface area contributed by atoms with Crippen LogP contribution in [0.1, 0.15) is 46.4 Å². The Morgan fingerprint density at radius 1 is 1.20 bits per heavy atom. The zero-order valence-corrected chi connectivity index (χ0v) is 21.3. The second-order valence-electron chi connectivity index (χ2n) is 8.82. The number of piperidine rings is 1. The topological polar surface area (TPSA) is 97.6 Å². The number of Topliss-reactive ketones (excluding diaryl/α,β-unsaturated/α-hetero) is 1. The highest BCUT2D eigenvalue weighted by Gasteiger charge is 2.22. The Morgan fingerprint density at radius 3 is 2.77 bits per heavy atom. The smallest absolute Gasteiger partial charge is 0.270 e. The molecule has 1 fully saturated rings. The van der Waals surface area contributed by atoms with Crippen LogP contribution in [0.25, 0.3) is 0 Å². The van der Waals surface area contributed by atoms with Gasteiger partial charge in [0, 0.05) is 34.9 Å². The van der Waals surface area contributed by atoms with Crippen LogP contribution in [0, 0.1) is 6.92 Å². The van der Waals surface area contributed by atoms with E-state index < -0.39 is 5.56 Å². The number of halogens is 1. The Labute approximate surface area is 212 Å². The molecule has 3 aromatic rings. The van der Waals surface area contributed by atoms with E-state index in [9.17, 15) is 14.7 Å². The number of benzene rings is 1. The molecular formula is C26H29BrN4O4. The molecule has 8 nitrogen and oxygen atoms in total. The highest BCUT2D eigenvalue weighted by molar-refractivity contribution is 9.10. The first-order valence-electron chi connectivity index (χ1n) is 11.7. The molecule has 1 N–H and O–H groups in total. The van der Waals surface area contributed by atoms with Gasteiger partial charge in [0.25, 0.3) is 5.56 Å². The monoisotopic (exact) mass is 540 g/mol. The van der Waals surface area contributed by atoms with Gasteiger partial charge in [-0.3, -0.25) is 19.5 Å². The molecular weight excluding hydrogens is 512 g/mol. The molecule has 184 valence electrons. The van der Waals surface area contributed by atoms with Crippen molar-refractivity contribution in [3.05, 3.63) is 86.0 Å². The Morgan fingerprint density at radius 2 is 2.06 bits per heavy atom. The average Bonchev–Trinajstić information content (AvgIpc) is 2.85. The van der Waals surface area contributed by atoms with Crippen LogP contribution < -0.4 is 10.3 Å². The summed E-state index contributed by atoms with van der Waals surface area (Å²) in [6, 6.07) is 11.0. The van der Waals surface area contributed by atoms with E-state index in [1.165, 1.54) is 12.3 Å². The number of ether oxygens (including phenoxy) is 1. The van der Waals surface area contributed by atoms with Crippen molar-refractivity contribution >= 4 is 21.7 Å². The SMILES string of the molecule is Cc1cc(CN2CCCCC2CO)ccc1C(=O)Cn1ncc(OCc2ccc(Br)cn2)cc1=O. The Balaban J connectivity index is 1.38. The maximum Gasteiger partial charge on any atom is 0.270 e. The molecule has 1 aromatic carbocycles. The molecule has 0 bridgehead atoms. The fourth-order valence-corrected chi connectivity index (χ4v) is 4.57. The van der Waals surface area contributed by atoms with Crippen LogP contribution in [-0.4, -0.2) is 49.7 Å².